The summed E-state index contributed by atoms with van der Waals surface area (Å²) in [4.78, 5) is 23.2. The predicted molar refractivity (Wildman–Crippen MR) is 87.9 cm³/mol. The highest BCUT2D eigenvalue weighted by Gasteiger charge is 2.47. The standard InChI is InChI=1S/C16H19BrClNO2/c1-4-9-5-10(18)6-12(17)14(9)11-7-19-16(2,3)15(11)13(21)8-20/h5-6,8,11,15,19H,4,7H2,1-3H3. The van der Waals surface area contributed by atoms with Gasteiger partial charge in [0.05, 0.1) is 5.92 Å². The molecule has 1 fully saturated rings. The van der Waals surface area contributed by atoms with E-state index in [9.17, 15) is 9.59 Å². The summed E-state index contributed by atoms with van der Waals surface area (Å²) in [5.74, 6) is -0.740. The molecule has 0 spiro atoms. The van der Waals surface area contributed by atoms with Crippen LogP contribution in [0.1, 0.15) is 37.8 Å². The van der Waals surface area contributed by atoms with Gasteiger partial charge in [0, 0.05) is 27.5 Å². The average molecular weight is 373 g/mol. The summed E-state index contributed by atoms with van der Waals surface area (Å²) >= 11 is 9.69. The summed E-state index contributed by atoms with van der Waals surface area (Å²) in [7, 11) is 0. The number of hydrogen-bond acceptors (Lipinski definition) is 3. The molecule has 21 heavy (non-hydrogen) atoms. The van der Waals surface area contributed by atoms with E-state index in [-0.39, 0.29) is 17.6 Å². The molecule has 0 aliphatic carbocycles. The number of nitrogens with one attached hydrogen (secondary N) is 1. The molecule has 1 saturated heterocycles. The first kappa shape index (κ1) is 16.7. The fourth-order valence-corrected chi connectivity index (χ4v) is 4.51. The third-order valence-electron chi connectivity index (χ3n) is 4.31. The van der Waals surface area contributed by atoms with Crippen LogP contribution in [0, 0.1) is 5.92 Å². The molecule has 0 aromatic heterocycles. The van der Waals surface area contributed by atoms with Gasteiger partial charge in [0.2, 0.25) is 5.78 Å². The Morgan fingerprint density at radius 3 is 2.76 bits per heavy atom. The van der Waals surface area contributed by atoms with Crippen LogP contribution in [-0.2, 0) is 16.0 Å². The van der Waals surface area contributed by atoms with Crippen LogP contribution in [0.2, 0.25) is 5.02 Å². The van der Waals surface area contributed by atoms with Gasteiger partial charge in [0.25, 0.3) is 0 Å². The molecule has 1 aliphatic heterocycles. The van der Waals surface area contributed by atoms with Crippen molar-refractivity contribution in [2.45, 2.75) is 38.6 Å². The fraction of sp³-hybridized carbons (Fsp3) is 0.500. The molecule has 0 radical (unpaired) electrons. The number of halogens is 2. The smallest absolute Gasteiger partial charge is 0.200 e. The molecule has 2 unspecified atom stereocenters. The lowest BCUT2D eigenvalue weighted by molar-refractivity contribution is -0.133. The number of ketones is 1. The Labute approximate surface area is 138 Å². The lowest BCUT2D eigenvalue weighted by Gasteiger charge is -2.28. The highest BCUT2D eigenvalue weighted by atomic mass is 79.9. The molecule has 114 valence electrons. The van der Waals surface area contributed by atoms with Crippen LogP contribution in [0.25, 0.3) is 0 Å². The van der Waals surface area contributed by atoms with E-state index in [2.05, 4.69) is 28.2 Å². The number of aldehydes is 1. The summed E-state index contributed by atoms with van der Waals surface area (Å²) in [6.45, 7) is 6.67. The van der Waals surface area contributed by atoms with Crippen molar-refractivity contribution in [2.24, 2.45) is 5.92 Å². The second-order valence-electron chi connectivity index (χ2n) is 6.02. The average Bonchev–Trinajstić information content (AvgIpc) is 2.72. The largest absolute Gasteiger partial charge is 0.310 e. The number of benzene rings is 1. The van der Waals surface area contributed by atoms with E-state index in [0.717, 1.165) is 22.0 Å². The summed E-state index contributed by atoms with van der Waals surface area (Å²) in [6, 6.07) is 3.79. The van der Waals surface area contributed by atoms with Crippen molar-refractivity contribution in [3.63, 3.8) is 0 Å². The number of rotatable bonds is 4. The molecule has 1 aromatic carbocycles. The van der Waals surface area contributed by atoms with E-state index >= 15 is 0 Å². The van der Waals surface area contributed by atoms with Gasteiger partial charge in [-0.15, -0.1) is 0 Å². The summed E-state index contributed by atoms with van der Waals surface area (Å²) in [5.41, 5.74) is 1.80. The highest BCUT2D eigenvalue weighted by Crippen LogP contribution is 2.43. The van der Waals surface area contributed by atoms with Crippen molar-refractivity contribution in [3.05, 3.63) is 32.8 Å². The molecule has 1 N–H and O–H groups in total. The molecule has 0 amide bonds. The molecular formula is C16H19BrClNO2. The Hall–Kier alpha value is -0.710. The summed E-state index contributed by atoms with van der Waals surface area (Å²) < 4.78 is 0.903. The zero-order chi connectivity index (χ0) is 15.8. The number of Topliss-reactive ketones (excluding diaryl/α,β-unsaturated/α-hetero) is 1. The van der Waals surface area contributed by atoms with Gasteiger partial charge in [-0.1, -0.05) is 34.5 Å². The van der Waals surface area contributed by atoms with E-state index < -0.39 is 5.54 Å². The summed E-state index contributed by atoms with van der Waals surface area (Å²) in [6.07, 6.45) is 1.27. The quantitative estimate of drug-likeness (QED) is 0.650. The van der Waals surface area contributed by atoms with E-state index in [0.29, 0.717) is 17.9 Å². The van der Waals surface area contributed by atoms with Crippen molar-refractivity contribution in [3.8, 4) is 0 Å². The lowest BCUT2D eigenvalue weighted by Crippen LogP contribution is -2.42. The Bertz CT molecular complexity index is 586. The minimum atomic E-state index is -0.396. The van der Waals surface area contributed by atoms with Gasteiger partial charge in [-0.2, -0.15) is 0 Å². The molecule has 1 aliphatic rings. The van der Waals surface area contributed by atoms with Crippen LogP contribution in [0.5, 0.6) is 0 Å². The fourth-order valence-electron chi connectivity index (χ4n) is 3.35. The second-order valence-corrected chi connectivity index (χ2v) is 7.31. The van der Waals surface area contributed by atoms with Crippen LogP contribution in [-0.4, -0.2) is 24.2 Å². The number of aryl methyl sites for hydroxylation is 1. The van der Waals surface area contributed by atoms with Crippen molar-refractivity contribution in [1.82, 2.24) is 5.32 Å². The van der Waals surface area contributed by atoms with Crippen LogP contribution >= 0.6 is 27.5 Å². The van der Waals surface area contributed by atoms with Crippen LogP contribution in [0.4, 0.5) is 0 Å². The zero-order valence-corrected chi connectivity index (χ0v) is 14.7. The highest BCUT2D eigenvalue weighted by molar-refractivity contribution is 9.10. The first-order chi connectivity index (χ1) is 9.81. The molecule has 2 atom stereocenters. The van der Waals surface area contributed by atoms with Gasteiger partial charge in [-0.05, 0) is 43.5 Å². The molecule has 5 heteroatoms. The van der Waals surface area contributed by atoms with Crippen molar-refractivity contribution < 1.29 is 9.59 Å². The SMILES string of the molecule is CCc1cc(Cl)cc(Br)c1C1CNC(C)(C)C1C(=O)C=O. The van der Waals surface area contributed by atoms with Gasteiger partial charge in [-0.3, -0.25) is 9.59 Å². The van der Waals surface area contributed by atoms with Gasteiger partial charge in [0.1, 0.15) is 0 Å². The van der Waals surface area contributed by atoms with Gasteiger partial charge >= 0.3 is 0 Å². The normalized spacial score (nSPS) is 24.0. The van der Waals surface area contributed by atoms with Crippen LogP contribution < -0.4 is 5.32 Å². The molecule has 2 rings (SSSR count). The first-order valence-electron chi connectivity index (χ1n) is 7.03. The van der Waals surface area contributed by atoms with Crippen molar-refractivity contribution in [1.29, 1.82) is 0 Å². The Balaban J connectivity index is 2.55. The number of carbonyl (C=O) groups excluding carboxylic acids is 2. The van der Waals surface area contributed by atoms with Crippen molar-refractivity contribution >= 4 is 39.6 Å². The number of hydrogen-bond donors (Lipinski definition) is 1. The maximum Gasteiger partial charge on any atom is 0.200 e. The minimum Gasteiger partial charge on any atom is -0.310 e. The third-order valence-corrected chi connectivity index (χ3v) is 5.19. The van der Waals surface area contributed by atoms with E-state index in [1.54, 1.807) is 0 Å². The molecule has 0 saturated carbocycles. The third kappa shape index (κ3) is 3.08. The Morgan fingerprint density at radius 1 is 1.52 bits per heavy atom. The first-order valence-corrected chi connectivity index (χ1v) is 8.20. The molecule has 1 heterocycles. The van der Waals surface area contributed by atoms with E-state index in [1.807, 2.05) is 26.0 Å². The van der Waals surface area contributed by atoms with E-state index in [4.69, 9.17) is 11.6 Å². The molecular weight excluding hydrogens is 354 g/mol. The Kier molecular flexibility index (Phi) is 4.91. The monoisotopic (exact) mass is 371 g/mol. The number of carbonyl (C=O) groups is 2. The van der Waals surface area contributed by atoms with Crippen LogP contribution in [0.15, 0.2) is 16.6 Å². The van der Waals surface area contributed by atoms with Crippen molar-refractivity contribution in [2.75, 3.05) is 6.54 Å². The maximum atomic E-state index is 12.1. The predicted octanol–water partition coefficient (Wildman–Crippen LogP) is 3.51. The minimum absolute atomic E-state index is 0.0284. The lowest BCUT2D eigenvalue weighted by atomic mass is 9.75. The second kappa shape index (κ2) is 6.19. The Morgan fingerprint density at radius 2 is 2.19 bits per heavy atom. The van der Waals surface area contributed by atoms with Gasteiger partial charge in [-0.25, -0.2) is 0 Å². The maximum absolute atomic E-state index is 12.1. The molecule has 3 nitrogen and oxygen atoms in total. The van der Waals surface area contributed by atoms with Gasteiger partial charge < -0.3 is 5.32 Å². The van der Waals surface area contributed by atoms with Crippen LogP contribution in [0.3, 0.4) is 0 Å². The summed E-state index contributed by atoms with van der Waals surface area (Å²) in [5, 5.41) is 4.04. The molecule has 0 bridgehead atoms. The molecule has 1 aromatic rings. The topological polar surface area (TPSA) is 46.2 Å². The zero-order valence-electron chi connectivity index (χ0n) is 12.4. The van der Waals surface area contributed by atoms with Gasteiger partial charge in [0.15, 0.2) is 6.29 Å². The van der Waals surface area contributed by atoms with E-state index in [1.165, 1.54) is 0 Å².